The third-order valence-electron chi connectivity index (χ3n) is 5.27. The fourth-order valence-corrected chi connectivity index (χ4v) is 3.71. The maximum atomic E-state index is 14.0. The van der Waals surface area contributed by atoms with Crippen molar-refractivity contribution in [1.82, 2.24) is 25.0 Å². The summed E-state index contributed by atoms with van der Waals surface area (Å²) in [5.74, 6) is -1.02. The standard InChI is InChI=1S/C23H23ClF2N6O2/c1-3-17(33)11-32(34-2)10-13-4-5-18(14-7-15(25)9-16(26)8-14)19(6-13)29-22-20-21(28-12-27-20)30-23(24)31-22/h4-9,12,17,33H,3,10-11H2,1-2H3,(H2,27,28,29,30,31). The molecule has 2 heterocycles. The molecule has 8 nitrogen and oxygen atoms in total. The Labute approximate surface area is 199 Å². The number of hydrogen-bond donors (Lipinski definition) is 3. The number of aliphatic hydroxyl groups is 1. The van der Waals surface area contributed by atoms with Crippen LogP contribution in [0.25, 0.3) is 22.3 Å². The van der Waals surface area contributed by atoms with Crippen LogP contribution >= 0.6 is 11.6 Å². The Morgan fingerprint density at radius 3 is 2.65 bits per heavy atom. The van der Waals surface area contributed by atoms with Crippen molar-refractivity contribution in [2.45, 2.75) is 26.0 Å². The molecule has 2 aromatic heterocycles. The largest absolute Gasteiger partial charge is 0.392 e. The Kier molecular flexibility index (Phi) is 7.32. The highest BCUT2D eigenvalue weighted by Crippen LogP contribution is 2.34. The van der Waals surface area contributed by atoms with Gasteiger partial charge in [-0.05, 0) is 47.3 Å². The predicted octanol–water partition coefficient (Wildman–Crippen LogP) is 4.83. The molecule has 11 heteroatoms. The number of rotatable bonds is 9. The molecule has 0 spiro atoms. The van der Waals surface area contributed by atoms with E-state index < -0.39 is 17.7 Å². The Bertz CT molecular complexity index is 1280. The lowest BCUT2D eigenvalue weighted by Gasteiger charge is -2.23. The van der Waals surface area contributed by atoms with Crippen LogP contribution in [0.4, 0.5) is 20.3 Å². The van der Waals surface area contributed by atoms with Crippen LogP contribution in [0.2, 0.25) is 5.28 Å². The van der Waals surface area contributed by atoms with E-state index >= 15 is 0 Å². The average Bonchev–Trinajstić information content (AvgIpc) is 3.26. The summed E-state index contributed by atoms with van der Waals surface area (Å²) in [7, 11) is 1.53. The van der Waals surface area contributed by atoms with Gasteiger partial charge in [0.1, 0.15) is 17.2 Å². The molecular formula is C23H23ClF2N6O2. The molecular weight excluding hydrogens is 466 g/mol. The molecule has 0 radical (unpaired) electrons. The highest BCUT2D eigenvalue weighted by atomic mass is 35.5. The molecule has 0 bridgehead atoms. The molecule has 0 aliphatic rings. The second kappa shape index (κ2) is 10.4. The number of H-pyrrole nitrogens is 1. The van der Waals surface area contributed by atoms with Crippen LogP contribution in [0.3, 0.4) is 0 Å². The summed E-state index contributed by atoms with van der Waals surface area (Å²) in [6, 6.07) is 8.72. The maximum absolute atomic E-state index is 14.0. The molecule has 4 rings (SSSR count). The van der Waals surface area contributed by atoms with E-state index in [1.165, 1.54) is 25.6 Å². The molecule has 3 N–H and O–H groups in total. The molecule has 4 aromatic rings. The summed E-state index contributed by atoms with van der Waals surface area (Å²) >= 11 is 6.06. The lowest BCUT2D eigenvalue weighted by molar-refractivity contribution is -0.155. The fourth-order valence-electron chi connectivity index (χ4n) is 3.55. The third kappa shape index (κ3) is 5.48. The molecule has 178 valence electrons. The predicted molar refractivity (Wildman–Crippen MR) is 125 cm³/mol. The van der Waals surface area contributed by atoms with E-state index in [0.717, 1.165) is 11.6 Å². The van der Waals surface area contributed by atoms with Crippen molar-refractivity contribution >= 4 is 34.3 Å². The molecule has 0 amide bonds. The number of halogens is 3. The van der Waals surface area contributed by atoms with E-state index in [2.05, 4.69) is 25.3 Å². The van der Waals surface area contributed by atoms with Crippen LogP contribution in [0.15, 0.2) is 42.7 Å². The lowest BCUT2D eigenvalue weighted by atomic mass is 10.0. The second-order valence-corrected chi connectivity index (χ2v) is 8.01. The van der Waals surface area contributed by atoms with Crippen LogP contribution < -0.4 is 5.32 Å². The van der Waals surface area contributed by atoms with Gasteiger partial charge in [-0.3, -0.25) is 0 Å². The zero-order valence-electron chi connectivity index (χ0n) is 18.5. The summed E-state index contributed by atoms with van der Waals surface area (Å²) in [5, 5.41) is 14.8. The van der Waals surface area contributed by atoms with E-state index in [-0.39, 0.29) is 5.28 Å². The number of hydroxylamine groups is 2. The van der Waals surface area contributed by atoms with Crippen LogP contribution in [0.5, 0.6) is 0 Å². The van der Waals surface area contributed by atoms with Gasteiger partial charge >= 0.3 is 0 Å². The van der Waals surface area contributed by atoms with Gasteiger partial charge in [0.15, 0.2) is 11.5 Å². The van der Waals surface area contributed by atoms with E-state index in [0.29, 0.717) is 53.3 Å². The first-order chi connectivity index (χ1) is 16.4. The summed E-state index contributed by atoms with van der Waals surface area (Å²) in [6.07, 6.45) is 1.52. The third-order valence-corrected chi connectivity index (χ3v) is 5.44. The number of hydrogen-bond acceptors (Lipinski definition) is 7. The van der Waals surface area contributed by atoms with Crippen molar-refractivity contribution in [1.29, 1.82) is 0 Å². The minimum atomic E-state index is -0.690. The zero-order valence-corrected chi connectivity index (χ0v) is 19.3. The first-order valence-electron chi connectivity index (χ1n) is 10.6. The van der Waals surface area contributed by atoms with Gasteiger partial charge in [-0.1, -0.05) is 19.1 Å². The van der Waals surface area contributed by atoms with Crippen molar-refractivity contribution in [2.24, 2.45) is 0 Å². The molecule has 0 aliphatic carbocycles. The second-order valence-electron chi connectivity index (χ2n) is 7.67. The number of aromatic amines is 1. The van der Waals surface area contributed by atoms with E-state index in [9.17, 15) is 13.9 Å². The van der Waals surface area contributed by atoms with E-state index in [1.807, 2.05) is 19.1 Å². The summed E-state index contributed by atoms with van der Waals surface area (Å²) < 4.78 is 28.0. The number of anilines is 2. The Morgan fingerprint density at radius 2 is 1.94 bits per heavy atom. The van der Waals surface area contributed by atoms with Crippen LogP contribution in [0.1, 0.15) is 18.9 Å². The smallest absolute Gasteiger partial charge is 0.226 e. The Hall–Kier alpha value is -3.18. The number of imidazole rings is 1. The van der Waals surface area contributed by atoms with Gasteiger partial charge in [-0.25, -0.2) is 13.8 Å². The quantitative estimate of drug-likeness (QED) is 0.229. The minimum absolute atomic E-state index is 0.00397. The van der Waals surface area contributed by atoms with Gasteiger partial charge in [-0.15, -0.1) is 0 Å². The zero-order chi connectivity index (χ0) is 24.2. The Morgan fingerprint density at radius 1 is 1.18 bits per heavy atom. The van der Waals surface area contributed by atoms with Crippen molar-refractivity contribution in [2.75, 3.05) is 19.0 Å². The number of nitrogens with zero attached hydrogens (tertiary/aromatic N) is 4. The number of aromatic nitrogens is 4. The van der Waals surface area contributed by atoms with Crippen LogP contribution in [-0.4, -0.2) is 49.9 Å². The number of nitrogens with one attached hydrogen (secondary N) is 2. The summed E-state index contributed by atoms with van der Waals surface area (Å²) in [4.78, 5) is 20.8. The van der Waals surface area contributed by atoms with Crippen molar-refractivity contribution in [3.63, 3.8) is 0 Å². The SMILES string of the molecule is CCC(O)CN(Cc1ccc(-c2cc(F)cc(F)c2)c(Nc2nc(Cl)nc3nc[nH]c23)c1)OC. The van der Waals surface area contributed by atoms with E-state index in [1.54, 1.807) is 11.1 Å². The molecule has 0 aliphatic heterocycles. The normalized spacial score (nSPS) is 12.4. The molecule has 0 saturated carbocycles. The van der Waals surface area contributed by atoms with Gasteiger partial charge in [0.2, 0.25) is 5.28 Å². The number of aliphatic hydroxyl groups excluding tert-OH is 1. The molecule has 1 unspecified atom stereocenters. The van der Waals surface area contributed by atoms with Gasteiger partial charge in [0.05, 0.1) is 26.1 Å². The molecule has 1 atom stereocenters. The summed E-state index contributed by atoms with van der Waals surface area (Å²) in [6.45, 7) is 2.57. The van der Waals surface area contributed by atoms with Gasteiger partial charge < -0.3 is 20.2 Å². The molecule has 2 aromatic carbocycles. The van der Waals surface area contributed by atoms with Gasteiger partial charge in [0.25, 0.3) is 0 Å². The average molecular weight is 489 g/mol. The van der Waals surface area contributed by atoms with Crippen LogP contribution in [0, 0.1) is 11.6 Å². The summed E-state index contributed by atoms with van der Waals surface area (Å²) in [5.41, 5.74) is 3.14. The van der Waals surface area contributed by atoms with E-state index in [4.69, 9.17) is 16.4 Å². The maximum Gasteiger partial charge on any atom is 0.226 e. The molecule has 34 heavy (non-hydrogen) atoms. The van der Waals surface area contributed by atoms with Gasteiger partial charge in [0, 0.05) is 23.9 Å². The number of fused-ring (bicyclic) bond motifs is 1. The first-order valence-corrected chi connectivity index (χ1v) is 10.9. The topological polar surface area (TPSA) is 99.2 Å². The Balaban J connectivity index is 1.76. The van der Waals surface area contributed by atoms with Gasteiger partial charge in [-0.2, -0.15) is 15.0 Å². The molecule has 0 fully saturated rings. The van der Waals surface area contributed by atoms with Crippen molar-refractivity contribution in [3.8, 4) is 11.1 Å². The minimum Gasteiger partial charge on any atom is -0.392 e. The lowest BCUT2D eigenvalue weighted by Crippen LogP contribution is -2.30. The van der Waals surface area contributed by atoms with Crippen molar-refractivity contribution < 1.29 is 18.7 Å². The van der Waals surface area contributed by atoms with Crippen LogP contribution in [-0.2, 0) is 11.4 Å². The molecule has 0 saturated heterocycles. The number of benzene rings is 2. The highest BCUT2D eigenvalue weighted by Gasteiger charge is 2.16. The first kappa shape index (κ1) is 24.0. The highest BCUT2D eigenvalue weighted by molar-refractivity contribution is 6.28. The fraction of sp³-hybridized carbons (Fsp3) is 0.261. The monoisotopic (exact) mass is 488 g/mol. The van der Waals surface area contributed by atoms with Crippen molar-refractivity contribution in [3.05, 3.63) is 65.2 Å².